The molecule has 1 heterocycles. The SMILES string of the molecule is [2H]C(CCCCCCCCCCCC)CO[C@H]1C(O/C=C/C)O[C@H](CO)[C@@H](O)[C@@H]1OCCCCCCCCCC. The first-order valence-electron chi connectivity index (χ1n) is 17.0. The van der Waals surface area contributed by atoms with Crippen LogP contribution in [0.3, 0.4) is 0 Å². The van der Waals surface area contributed by atoms with Crippen LogP contribution in [0.4, 0.5) is 0 Å². The van der Waals surface area contributed by atoms with Gasteiger partial charge in [-0.1, -0.05) is 135 Å². The van der Waals surface area contributed by atoms with Crippen LogP contribution in [0.2, 0.25) is 0 Å². The van der Waals surface area contributed by atoms with Gasteiger partial charge < -0.3 is 29.2 Å². The summed E-state index contributed by atoms with van der Waals surface area (Å²) < 4.78 is 32.4. The zero-order valence-electron chi connectivity index (χ0n) is 26.7. The number of rotatable bonds is 27. The molecule has 0 saturated carbocycles. The number of ether oxygens (including phenoxy) is 4. The van der Waals surface area contributed by atoms with Gasteiger partial charge in [0, 0.05) is 14.6 Å². The van der Waals surface area contributed by atoms with Gasteiger partial charge in [-0.2, -0.15) is 0 Å². The molecule has 6 atom stereocenters. The highest BCUT2D eigenvalue weighted by Gasteiger charge is 2.47. The van der Waals surface area contributed by atoms with Crippen LogP contribution >= 0.6 is 0 Å². The molecule has 2 N–H and O–H groups in total. The Morgan fingerprint density at radius 2 is 1.18 bits per heavy atom. The third kappa shape index (κ3) is 17.7. The molecule has 1 saturated heterocycles. The summed E-state index contributed by atoms with van der Waals surface area (Å²) in [6.07, 6.45) is 22.1. The molecule has 6 nitrogen and oxygen atoms in total. The summed E-state index contributed by atoms with van der Waals surface area (Å²) in [6.45, 7) is 6.74. The van der Waals surface area contributed by atoms with E-state index in [0.29, 0.717) is 6.61 Å². The maximum atomic E-state index is 10.9. The Kier molecular flexibility index (Phi) is 23.3. The maximum absolute atomic E-state index is 10.9. The van der Waals surface area contributed by atoms with E-state index in [1.165, 1.54) is 96.2 Å². The maximum Gasteiger partial charge on any atom is 0.228 e. The van der Waals surface area contributed by atoms with Gasteiger partial charge in [-0.25, -0.2) is 0 Å². The largest absolute Gasteiger partial charge is 0.470 e. The summed E-state index contributed by atoms with van der Waals surface area (Å²) in [5.74, 6) is 0. The number of unbranched alkanes of at least 4 members (excludes halogenated alkanes) is 16. The summed E-state index contributed by atoms with van der Waals surface area (Å²) >= 11 is 0. The predicted octanol–water partition coefficient (Wildman–Crippen LogP) is 8.23. The predicted molar refractivity (Wildman–Crippen MR) is 161 cm³/mol. The van der Waals surface area contributed by atoms with Crippen molar-refractivity contribution in [3.05, 3.63) is 12.3 Å². The molecular weight excluding hydrogens is 492 g/mol. The van der Waals surface area contributed by atoms with Gasteiger partial charge in [0.1, 0.15) is 24.4 Å². The lowest BCUT2D eigenvalue weighted by molar-refractivity contribution is -0.304. The van der Waals surface area contributed by atoms with Crippen LogP contribution in [-0.2, 0) is 18.9 Å². The normalized spacial score (nSPS) is 24.7. The summed E-state index contributed by atoms with van der Waals surface area (Å²) in [5.41, 5.74) is 0. The highest BCUT2D eigenvalue weighted by molar-refractivity contribution is 4.92. The Hall–Kier alpha value is -0.660. The molecule has 1 fully saturated rings. The summed E-state index contributed by atoms with van der Waals surface area (Å²) in [6, 6.07) is 0. The third-order valence-corrected chi connectivity index (χ3v) is 7.62. The Morgan fingerprint density at radius 1 is 0.692 bits per heavy atom. The van der Waals surface area contributed by atoms with Gasteiger partial charge in [0.25, 0.3) is 0 Å². The van der Waals surface area contributed by atoms with Gasteiger partial charge in [0.15, 0.2) is 0 Å². The van der Waals surface area contributed by atoms with Crippen molar-refractivity contribution in [1.29, 1.82) is 0 Å². The monoisotopic (exact) mass is 557 g/mol. The minimum absolute atomic E-state index is 0.231. The zero-order valence-corrected chi connectivity index (χ0v) is 25.7. The number of allylic oxidation sites excluding steroid dienone is 1. The highest BCUT2D eigenvalue weighted by Crippen LogP contribution is 2.28. The molecule has 0 aliphatic carbocycles. The topological polar surface area (TPSA) is 77.4 Å². The lowest BCUT2D eigenvalue weighted by Gasteiger charge is -2.43. The van der Waals surface area contributed by atoms with E-state index in [9.17, 15) is 10.2 Å². The number of aliphatic hydroxyl groups excluding tert-OH is 2. The average Bonchev–Trinajstić information content (AvgIpc) is 2.96. The second kappa shape index (κ2) is 26.3. The van der Waals surface area contributed by atoms with Crippen molar-refractivity contribution in [3.63, 3.8) is 0 Å². The highest BCUT2D eigenvalue weighted by atomic mass is 16.7. The Labute approximate surface area is 242 Å². The molecule has 0 aromatic carbocycles. The van der Waals surface area contributed by atoms with Crippen LogP contribution in [0.5, 0.6) is 0 Å². The standard InChI is InChI=1S/C33H64O6/c1-4-7-9-11-13-15-16-17-18-20-22-24-27-37-32-31(36-26-23-21-19-14-12-10-8-5-2)30(35)29(28-34)39-33(32)38-25-6-3/h6,25,29-35H,4-5,7-24,26-28H2,1-3H3/b25-6+/t29-,30-,31+,32-,33?/m1/s1/i24D/t24?,29-,30-,31+,32-,33?. The van der Waals surface area contributed by atoms with Crippen molar-refractivity contribution in [2.45, 2.75) is 180 Å². The fourth-order valence-corrected chi connectivity index (χ4v) is 5.17. The molecule has 0 aromatic rings. The summed E-state index contributed by atoms with van der Waals surface area (Å²) in [4.78, 5) is 0. The average molecular weight is 558 g/mol. The molecule has 1 rings (SSSR count). The lowest BCUT2D eigenvalue weighted by Crippen LogP contribution is -2.60. The second-order valence-electron chi connectivity index (χ2n) is 11.2. The molecule has 0 amide bonds. The quantitative estimate of drug-likeness (QED) is 0.0782. The van der Waals surface area contributed by atoms with Crippen molar-refractivity contribution >= 4 is 0 Å². The lowest BCUT2D eigenvalue weighted by atomic mass is 9.98. The molecule has 2 unspecified atom stereocenters. The molecule has 6 heteroatoms. The van der Waals surface area contributed by atoms with Crippen LogP contribution in [0, 0.1) is 0 Å². The van der Waals surface area contributed by atoms with Crippen LogP contribution in [0.1, 0.15) is 151 Å². The Bertz CT molecular complexity index is 577. The number of hydrogen-bond acceptors (Lipinski definition) is 6. The Balaban J connectivity index is 2.47. The number of hydrogen-bond donors (Lipinski definition) is 2. The van der Waals surface area contributed by atoms with E-state index in [-0.39, 0.29) is 19.6 Å². The van der Waals surface area contributed by atoms with Crippen molar-refractivity contribution in [1.82, 2.24) is 0 Å². The van der Waals surface area contributed by atoms with Gasteiger partial charge in [-0.15, -0.1) is 0 Å². The minimum Gasteiger partial charge on any atom is -0.470 e. The van der Waals surface area contributed by atoms with Gasteiger partial charge in [-0.3, -0.25) is 0 Å². The van der Waals surface area contributed by atoms with Crippen LogP contribution < -0.4 is 0 Å². The van der Waals surface area contributed by atoms with E-state index < -0.39 is 30.7 Å². The molecular formula is C33H64O6. The molecule has 0 aromatic heterocycles. The van der Waals surface area contributed by atoms with E-state index >= 15 is 0 Å². The first kappa shape index (κ1) is 34.5. The molecule has 0 spiro atoms. The molecule has 39 heavy (non-hydrogen) atoms. The Morgan fingerprint density at radius 3 is 1.69 bits per heavy atom. The first-order chi connectivity index (χ1) is 19.6. The summed E-state index contributed by atoms with van der Waals surface area (Å²) in [5, 5.41) is 20.7. The van der Waals surface area contributed by atoms with Gasteiger partial charge in [0.05, 0.1) is 12.9 Å². The molecule has 1 aliphatic heterocycles. The molecule has 232 valence electrons. The first-order valence-corrected chi connectivity index (χ1v) is 16.4. The van der Waals surface area contributed by atoms with Crippen molar-refractivity contribution < 1.29 is 30.5 Å². The second-order valence-corrected chi connectivity index (χ2v) is 11.2. The van der Waals surface area contributed by atoms with Gasteiger partial charge in [0.2, 0.25) is 6.29 Å². The third-order valence-electron chi connectivity index (χ3n) is 7.62. The van der Waals surface area contributed by atoms with Gasteiger partial charge in [-0.05, 0) is 19.7 Å². The van der Waals surface area contributed by atoms with Crippen LogP contribution in [0.25, 0.3) is 0 Å². The zero-order chi connectivity index (χ0) is 29.3. The fourth-order valence-electron chi connectivity index (χ4n) is 5.17. The smallest absolute Gasteiger partial charge is 0.228 e. The summed E-state index contributed by atoms with van der Waals surface area (Å²) in [7, 11) is 0. The number of aliphatic hydroxyl groups is 2. The molecule has 0 bridgehead atoms. The molecule has 1 aliphatic rings. The van der Waals surface area contributed by atoms with Crippen molar-refractivity contribution in [3.8, 4) is 0 Å². The van der Waals surface area contributed by atoms with E-state index in [2.05, 4.69) is 13.8 Å². The fraction of sp³-hybridized carbons (Fsp3) is 0.939. The van der Waals surface area contributed by atoms with E-state index in [4.69, 9.17) is 20.3 Å². The van der Waals surface area contributed by atoms with Gasteiger partial charge >= 0.3 is 0 Å². The molecule has 0 radical (unpaired) electrons. The van der Waals surface area contributed by atoms with Crippen LogP contribution in [-0.4, -0.2) is 60.7 Å². The van der Waals surface area contributed by atoms with E-state index in [0.717, 1.165) is 32.1 Å². The van der Waals surface area contributed by atoms with E-state index in [1.807, 2.05) is 6.92 Å². The van der Waals surface area contributed by atoms with Crippen LogP contribution in [0.15, 0.2) is 12.3 Å². The van der Waals surface area contributed by atoms with E-state index in [1.54, 1.807) is 6.08 Å². The minimum atomic E-state index is -1.03. The van der Waals surface area contributed by atoms with Crippen molar-refractivity contribution in [2.24, 2.45) is 0 Å². The van der Waals surface area contributed by atoms with Crippen molar-refractivity contribution in [2.75, 3.05) is 19.8 Å².